The molecule has 1 aromatic carbocycles. The Morgan fingerprint density at radius 1 is 1.16 bits per heavy atom. The first kappa shape index (κ1) is 23.7. The summed E-state index contributed by atoms with van der Waals surface area (Å²) < 4.78 is 39.1. The standard InChI is InChI=1S/C22H28ClF3N4O/c23-19-6-3-17(22(24,25)26)15-20(19)30-13-11-29(12-14-30)10-8-16-1-4-18(5-2-16)28-21(31)7-9-27/h3,6,15-16,18H,1-2,4-5,7-8,10-14H2,(H,28,31). The molecule has 0 unspecified atom stereocenters. The van der Waals surface area contributed by atoms with Crippen molar-refractivity contribution in [3.05, 3.63) is 28.8 Å². The number of rotatable bonds is 6. The van der Waals surface area contributed by atoms with Crippen molar-refractivity contribution in [3.8, 4) is 6.07 Å². The molecule has 2 aliphatic rings. The molecule has 1 heterocycles. The summed E-state index contributed by atoms with van der Waals surface area (Å²) in [5.41, 5.74) is -0.221. The van der Waals surface area contributed by atoms with Crippen LogP contribution in [-0.4, -0.2) is 49.6 Å². The van der Waals surface area contributed by atoms with Crippen LogP contribution in [0.1, 0.15) is 44.1 Å². The lowest BCUT2D eigenvalue weighted by Gasteiger charge is -2.37. The van der Waals surface area contributed by atoms with Crippen LogP contribution < -0.4 is 10.2 Å². The maximum Gasteiger partial charge on any atom is 0.416 e. The topological polar surface area (TPSA) is 59.4 Å². The highest BCUT2D eigenvalue weighted by Gasteiger charge is 2.32. The normalized spacial score (nSPS) is 22.7. The summed E-state index contributed by atoms with van der Waals surface area (Å²) in [6.45, 7) is 3.87. The van der Waals surface area contributed by atoms with Gasteiger partial charge in [0.05, 0.1) is 22.3 Å². The lowest BCUT2D eigenvalue weighted by molar-refractivity contribution is -0.137. The summed E-state index contributed by atoms with van der Waals surface area (Å²) in [6.07, 6.45) is 0.654. The van der Waals surface area contributed by atoms with Crippen LogP contribution in [0.2, 0.25) is 5.02 Å². The van der Waals surface area contributed by atoms with Crippen LogP contribution in [0.25, 0.3) is 0 Å². The molecule has 2 fully saturated rings. The van der Waals surface area contributed by atoms with Gasteiger partial charge < -0.3 is 10.2 Å². The van der Waals surface area contributed by atoms with Gasteiger partial charge in [0.15, 0.2) is 0 Å². The third-order valence-corrected chi connectivity index (χ3v) is 6.61. The average Bonchev–Trinajstić information content (AvgIpc) is 2.73. The lowest BCUT2D eigenvalue weighted by Crippen LogP contribution is -2.47. The highest BCUT2D eigenvalue weighted by molar-refractivity contribution is 6.33. The molecule has 1 saturated heterocycles. The van der Waals surface area contributed by atoms with Gasteiger partial charge in [-0.3, -0.25) is 9.69 Å². The van der Waals surface area contributed by atoms with E-state index < -0.39 is 11.7 Å². The molecule has 1 saturated carbocycles. The first-order chi connectivity index (χ1) is 14.8. The first-order valence-corrected chi connectivity index (χ1v) is 11.1. The Morgan fingerprint density at radius 2 is 1.84 bits per heavy atom. The van der Waals surface area contributed by atoms with Crippen molar-refractivity contribution in [2.45, 2.75) is 50.7 Å². The van der Waals surface area contributed by atoms with Crippen LogP contribution in [0, 0.1) is 17.2 Å². The highest BCUT2D eigenvalue weighted by Crippen LogP contribution is 2.36. The molecule has 1 amide bonds. The van der Waals surface area contributed by atoms with Crippen molar-refractivity contribution in [1.82, 2.24) is 10.2 Å². The molecule has 0 radical (unpaired) electrons. The monoisotopic (exact) mass is 456 g/mol. The smallest absolute Gasteiger partial charge is 0.368 e. The van der Waals surface area contributed by atoms with E-state index in [1.807, 2.05) is 11.0 Å². The van der Waals surface area contributed by atoms with Gasteiger partial charge in [-0.05, 0) is 62.8 Å². The number of carbonyl (C=O) groups is 1. The molecule has 0 atom stereocenters. The van der Waals surface area contributed by atoms with E-state index in [-0.39, 0.29) is 18.4 Å². The molecule has 3 rings (SSSR count). The molecule has 0 aromatic heterocycles. The number of carbonyl (C=O) groups excluding carboxylic acids is 1. The quantitative estimate of drug-likeness (QED) is 0.686. The largest absolute Gasteiger partial charge is 0.416 e. The van der Waals surface area contributed by atoms with Crippen LogP contribution in [0.4, 0.5) is 18.9 Å². The lowest BCUT2D eigenvalue weighted by atomic mass is 9.84. The highest BCUT2D eigenvalue weighted by atomic mass is 35.5. The van der Waals surface area contributed by atoms with Crippen molar-refractivity contribution < 1.29 is 18.0 Å². The number of hydrogen-bond donors (Lipinski definition) is 1. The summed E-state index contributed by atoms with van der Waals surface area (Å²) in [5, 5.41) is 11.8. The van der Waals surface area contributed by atoms with Crippen molar-refractivity contribution in [2.75, 3.05) is 37.6 Å². The summed E-state index contributed by atoms with van der Waals surface area (Å²) in [5.74, 6) is 0.435. The van der Waals surface area contributed by atoms with E-state index >= 15 is 0 Å². The van der Waals surface area contributed by atoms with Crippen molar-refractivity contribution in [3.63, 3.8) is 0 Å². The van der Waals surface area contributed by atoms with Crippen LogP contribution in [0.3, 0.4) is 0 Å². The zero-order valence-electron chi connectivity index (χ0n) is 17.4. The number of halogens is 4. The van der Waals surface area contributed by atoms with Crippen molar-refractivity contribution >= 4 is 23.2 Å². The molecule has 1 aromatic rings. The Balaban J connectivity index is 1.41. The van der Waals surface area contributed by atoms with E-state index in [1.165, 1.54) is 6.07 Å². The predicted molar refractivity (Wildman–Crippen MR) is 114 cm³/mol. The molecule has 1 aliphatic carbocycles. The second-order valence-corrected chi connectivity index (χ2v) is 8.81. The third kappa shape index (κ3) is 6.75. The SMILES string of the molecule is N#CCC(=O)NC1CCC(CCN2CCN(c3cc(C(F)(F)F)ccc3Cl)CC2)CC1. The molecule has 5 nitrogen and oxygen atoms in total. The number of amides is 1. The number of hydrogen-bond acceptors (Lipinski definition) is 4. The van der Waals surface area contributed by atoms with Gasteiger partial charge in [-0.15, -0.1) is 0 Å². The van der Waals surface area contributed by atoms with Gasteiger partial charge in [-0.2, -0.15) is 18.4 Å². The number of nitriles is 1. The Hall–Kier alpha value is -1.98. The maximum atomic E-state index is 13.0. The van der Waals surface area contributed by atoms with Gasteiger partial charge in [-0.25, -0.2) is 0 Å². The van der Waals surface area contributed by atoms with E-state index in [0.717, 1.165) is 63.9 Å². The Morgan fingerprint density at radius 3 is 2.45 bits per heavy atom. The van der Waals surface area contributed by atoms with Crippen LogP contribution >= 0.6 is 11.6 Å². The second-order valence-electron chi connectivity index (χ2n) is 8.40. The average molecular weight is 457 g/mol. The second kappa shape index (κ2) is 10.6. The molecule has 0 spiro atoms. The van der Waals surface area contributed by atoms with Gasteiger partial charge in [0.2, 0.25) is 5.91 Å². The molecule has 31 heavy (non-hydrogen) atoms. The zero-order chi connectivity index (χ0) is 22.4. The fourth-order valence-corrected chi connectivity index (χ4v) is 4.69. The fraction of sp³-hybridized carbons (Fsp3) is 0.636. The minimum Gasteiger partial charge on any atom is -0.368 e. The van der Waals surface area contributed by atoms with Crippen LogP contribution in [0.5, 0.6) is 0 Å². The molecular formula is C22H28ClF3N4O. The number of piperazine rings is 1. The molecular weight excluding hydrogens is 429 g/mol. The number of nitrogens with zero attached hydrogens (tertiary/aromatic N) is 3. The maximum absolute atomic E-state index is 13.0. The third-order valence-electron chi connectivity index (χ3n) is 6.29. The van der Waals surface area contributed by atoms with E-state index in [9.17, 15) is 18.0 Å². The molecule has 0 bridgehead atoms. The minimum atomic E-state index is -4.38. The van der Waals surface area contributed by atoms with Crippen molar-refractivity contribution in [1.29, 1.82) is 5.26 Å². The summed E-state index contributed by atoms with van der Waals surface area (Å²) in [6, 6.07) is 5.54. The van der Waals surface area contributed by atoms with E-state index in [2.05, 4.69) is 10.2 Å². The Bertz CT molecular complexity index is 795. The number of nitrogens with one attached hydrogen (secondary N) is 1. The number of alkyl halides is 3. The summed E-state index contributed by atoms with van der Waals surface area (Å²) in [7, 11) is 0. The zero-order valence-corrected chi connectivity index (χ0v) is 18.2. The van der Waals surface area contributed by atoms with E-state index in [4.69, 9.17) is 16.9 Å². The van der Waals surface area contributed by atoms with Gasteiger partial charge in [0.1, 0.15) is 6.42 Å². The number of anilines is 1. The van der Waals surface area contributed by atoms with E-state index in [0.29, 0.717) is 29.7 Å². The first-order valence-electron chi connectivity index (χ1n) is 10.8. The fourth-order valence-electron chi connectivity index (χ4n) is 4.45. The minimum absolute atomic E-state index is 0.0857. The van der Waals surface area contributed by atoms with Gasteiger partial charge in [-0.1, -0.05) is 11.6 Å². The van der Waals surface area contributed by atoms with Crippen LogP contribution in [0.15, 0.2) is 18.2 Å². The molecule has 1 N–H and O–H groups in total. The molecule has 9 heteroatoms. The van der Waals surface area contributed by atoms with Gasteiger partial charge >= 0.3 is 6.18 Å². The van der Waals surface area contributed by atoms with Gasteiger partial charge in [0, 0.05) is 32.2 Å². The van der Waals surface area contributed by atoms with E-state index in [1.54, 1.807) is 0 Å². The molecule has 170 valence electrons. The van der Waals surface area contributed by atoms with Crippen molar-refractivity contribution in [2.24, 2.45) is 5.92 Å². The summed E-state index contributed by atoms with van der Waals surface area (Å²) in [4.78, 5) is 15.8. The Labute approximate surface area is 186 Å². The van der Waals surface area contributed by atoms with Gasteiger partial charge in [0.25, 0.3) is 0 Å². The number of benzene rings is 1. The predicted octanol–water partition coefficient (Wildman–Crippen LogP) is 4.46. The molecule has 1 aliphatic heterocycles. The van der Waals surface area contributed by atoms with Crippen LogP contribution in [-0.2, 0) is 11.0 Å². The Kier molecular flexibility index (Phi) is 8.06. The summed E-state index contributed by atoms with van der Waals surface area (Å²) >= 11 is 6.17.